The highest BCUT2D eigenvalue weighted by atomic mass is 32.1. The first-order valence-corrected chi connectivity index (χ1v) is 45.3. The zero-order valence-electron chi connectivity index (χ0n) is 64.3. The molecule has 21 heteroatoms. The van der Waals surface area contributed by atoms with Crippen LogP contribution in [0.15, 0.2) is 95.3 Å². The lowest BCUT2D eigenvalue weighted by atomic mass is 9.95. The van der Waals surface area contributed by atoms with E-state index in [0.29, 0.717) is 57.6 Å². The number of nitriles is 2. The summed E-state index contributed by atoms with van der Waals surface area (Å²) in [6.45, 7) is 36.2. The molecule has 14 aromatic rings. The number of unbranched alkanes of at least 4 members (excludes halogenated alkanes) is 4. The molecule has 2 aliphatic rings. The fraction of sp³-hybridized carbons (Fsp3) is 0.348. The van der Waals surface area contributed by atoms with Gasteiger partial charge in [0, 0.05) is 97.7 Å². The largest absolute Gasteiger partial charge is 0.337 e. The molecular weight excluding hydrogens is 1550 g/mol. The van der Waals surface area contributed by atoms with Crippen LogP contribution in [-0.2, 0) is 25.9 Å². The molecule has 0 saturated heterocycles. The first kappa shape index (κ1) is 77.7. The number of allylic oxidation sites excluding steroid dienone is 6. The second-order valence-corrected chi connectivity index (χ2v) is 37.5. The molecule has 9 heterocycles. The van der Waals surface area contributed by atoms with Crippen molar-refractivity contribution in [2.75, 3.05) is 0 Å². The second kappa shape index (κ2) is 32.2. The Hall–Kier alpha value is -9.26. The van der Waals surface area contributed by atoms with E-state index in [1.807, 2.05) is 12.2 Å². The Balaban J connectivity index is 1.01. The molecule has 4 unspecified atom stereocenters. The number of hydrogen-bond acceptors (Lipinski definition) is 13. The third-order valence-corrected chi connectivity index (χ3v) is 31.4. The second-order valence-electron chi connectivity index (χ2n) is 30.5. The summed E-state index contributed by atoms with van der Waals surface area (Å²) in [5.41, 5.74) is 8.95. The predicted molar refractivity (Wildman–Crippen MR) is 468 cm³/mol. The Kier molecular flexibility index (Phi) is 22.1. The van der Waals surface area contributed by atoms with Gasteiger partial charge in [0.15, 0.2) is 34.8 Å². The van der Waals surface area contributed by atoms with Crippen molar-refractivity contribution in [3.8, 4) is 33.0 Å². The molecule has 9 aromatic heterocycles. The first-order chi connectivity index (χ1) is 55.0. The summed E-state index contributed by atoms with van der Waals surface area (Å²) >= 11 is 11.4. The number of rotatable bonds is 28. The monoisotopic (exact) mass is 1630 g/mol. The maximum absolute atomic E-state index is 15.4. The number of hydrogen-bond donors (Lipinski definition) is 0. The van der Waals surface area contributed by atoms with Gasteiger partial charge in [-0.1, -0.05) is 145 Å². The highest BCUT2D eigenvalue weighted by Gasteiger charge is 2.39. The van der Waals surface area contributed by atoms with Crippen molar-refractivity contribution < 1.29 is 27.2 Å². The lowest BCUT2D eigenvalue weighted by Crippen LogP contribution is -2.13. The summed E-state index contributed by atoms with van der Waals surface area (Å²) in [5, 5.41) is 24.9. The molecule has 0 saturated carbocycles. The Bertz CT molecular complexity index is 6170. The van der Waals surface area contributed by atoms with Crippen molar-refractivity contribution in [2.45, 2.75) is 184 Å². The number of nitrogens with zero attached hydrogens (tertiary/aromatic N) is 8. The highest BCUT2D eigenvalue weighted by Crippen LogP contribution is 2.59. The van der Waals surface area contributed by atoms with Gasteiger partial charge in [-0.3, -0.25) is 9.59 Å². The smallest absolute Gasteiger partial charge is 0.270 e. The quantitative estimate of drug-likeness (QED) is 0.0208. The Morgan fingerprint density at radius 2 is 0.814 bits per heavy atom. The number of thiophene rings is 6. The van der Waals surface area contributed by atoms with Crippen LogP contribution in [0, 0.1) is 82.7 Å². The number of benzene rings is 5. The van der Waals surface area contributed by atoms with Crippen LogP contribution in [0.5, 0.6) is 0 Å². The maximum atomic E-state index is 15.4. The van der Waals surface area contributed by atoms with Crippen LogP contribution in [-0.4, -0.2) is 29.4 Å². The standard InChI is InChI=1S/C92H82F4N8O2S7/c1-11-19-23-47(15-5)31-55-27-29-69(107-55)75-71(41-61-73(67(43-97)99-9)57-33-51-37-63(93)65(95)39-53(51)35-59(57)85(61)105)109-91-83-87(111-89(75)91)77-79-80(102-113-101-79)78-82(81(77)103(83)45-49(17-7)25-21-13-3)104(46-50(18-8)26-22-14-4)84-88(78)112-90-76(70-30-28-56(108-70)32-48(16-6)24-20-12-2)72(110-92(84)90)42-62-74(68(44-98)100-10)58-34-52-38-64(94)66(96)40-54(52)36-60(58)86(62)106/h27-30,33-42,47-50H,11-26,31-32,45-46H2,1-8H3/b61-41-,62-42-,73-67-,74-68+. The van der Waals surface area contributed by atoms with Gasteiger partial charge >= 0.3 is 0 Å². The SMILES string of the molecule is [C-]#[N+]/C(C#N)=C1\C(=C\c2sc3c(sc4c5c6nsnc6c6c7sc8c(-c9ccc(CC(CC)CCCC)s9)c(/C=C9\C(=O)c%10cc%11cc(F)c(F)cc%11cc%10\C9=C(\C#N)[N+]#[C-])sc8c7n(CC(CC)CCCC)c6c5n(CC(CC)CCCC)c34)c2-c2ccc(CC(CC)CCCC)s2)C(=O)c2cc3cc(F)c(F)cc3cc21. The minimum atomic E-state index is -1.05. The number of ketones is 2. The molecule has 0 amide bonds. The summed E-state index contributed by atoms with van der Waals surface area (Å²) in [6.07, 6.45) is 22.4. The van der Waals surface area contributed by atoms with E-state index in [0.717, 1.165) is 243 Å². The van der Waals surface area contributed by atoms with Gasteiger partial charge in [-0.25, -0.2) is 37.8 Å². The van der Waals surface area contributed by atoms with Crippen molar-refractivity contribution in [2.24, 2.45) is 23.7 Å². The fourth-order valence-electron chi connectivity index (χ4n) is 17.5. The van der Waals surface area contributed by atoms with Gasteiger partial charge in [0.2, 0.25) is 0 Å². The topological polar surface area (TPSA) is 126 Å². The molecule has 0 radical (unpaired) electrons. The Morgan fingerprint density at radius 1 is 0.460 bits per heavy atom. The number of fused-ring (bicyclic) bond motifs is 18. The van der Waals surface area contributed by atoms with Crippen molar-refractivity contribution in [1.82, 2.24) is 17.9 Å². The van der Waals surface area contributed by atoms with E-state index in [1.54, 1.807) is 92.3 Å². The molecule has 0 bridgehead atoms. The minimum Gasteiger partial charge on any atom is -0.337 e. The van der Waals surface area contributed by atoms with E-state index in [-0.39, 0.29) is 56.6 Å². The van der Waals surface area contributed by atoms with E-state index >= 15 is 27.2 Å². The van der Waals surface area contributed by atoms with Crippen LogP contribution in [0.3, 0.4) is 0 Å². The summed E-state index contributed by atoms with van der Waals surface area (Å²) < 4.78 is 82.5. The van der Waals surface area contributed by atoms with Crippen LogP contribution in [0.2, 0.25) is 0 Å². The normalized spacial score (nSPS) is 15.9. The van der Waals surface area contributed by atoms with E-state index < -0.39 is 34.8 Å². The Labute approximate surface area is 682 Å². The van der Waals surface area contributed by atoms with Crippen molar-refractivity contribution >= 4 is 208 Å². The van der Waals surface area contributed by atoms with Crippen molar-refractivity contribution in [1.29, 1.82) is 10.5 Å². The zero-order chi connectivity index (χ0) is 78.9. The number of carbonyl (C=O) groups is 2. The molecule has 0 spiro atoms. The summed E-state index contributed by atoms with van der Waals surface area (Å²) in [7, 11) is 0. The molecule has 4 atom stereocenters. The average Bonchev–Trinajstić information content (AvgIpc) is 1.50. The van der Waals surface area contributed by atoms with E-state index in [2.05, 4.69) is 111 Å². The zero-order valence-corrected chi connectivity index (χ0v) is 70.0. The van der Waals surface area contributed by atoms with Crippen molar-refractivity contribution in [3.63, 3.8) is 0 Å². The van der Waals surface area contributed by atoms with Gasteiger partial charge in [0.05, 0.1) is 87.3 Å². The predicted octanol–water partition coefficient (Wildman–Crippen LogP) is 29.6. The highest BCUT2D eigenvalue weighted by molar-refractivity contribution is 7.36. The number of carbonyl (C=O) groups excluding carboxylic acids is 2. The van der Waals surface area contributed by atoms with E-state index in [1.165, 1.54) is 21.5 Å². The third-order valence-electron chi connectivity index (χ3n) is 23.6. The molecule has 5 aromatic carbocycles. The van der Waals surface area contributed by atoms with Gasteiger partial charge in [0.25, 0.3) is 11.4 Å². The van der Waals surface area contributed by atoms with Gasteiger partial charge in [-0.05, 0) is 167 Å². The fourth-order valence-corrected chi connectivity index (χ4v) is 26.5. The molecule has 2 aliphatic carbocycles. The van der Waals surface area contributed by atoms with Crippen LogP contribution in [0.1, 0.15) is 209 Å². The molecule has 572 valence electrons. The Morgan fingerprint density at radius 3 is 1.15 bits per heavy atom. The van der Waals surface area contributed by atoms with Crippen LogP contribution in [0.25, 0.3) is 147 Å². The summed E-state index contributed by atoms with van der Waals surface area (Å²) in [4.78, 5) is 44.5. The molecule has 0 aliphatic heterocycles. The van der Waals surface area contributed by atoms with Gasteiger partial charge in [0.1, 0.15) is 11.0 Å². The number of Topliss-reactive ketones (excluding diaryl/α,β-unsaturated/α-hetero) is 2. The van der Waals surface area contributed by atoms with Gasteiger partial charge in [-0.2, -0.15) is 8.75 Å². The van der Waals surface area contributed by atoms with Crippen LogP contribution in [0.4, 0.5) is 17.6 Å². The third kappa shape index (κ3) is 13.4. The van der Waals surface area contributed by atoms with Crippen LogP contribution >= 0.6 is 79.7 Å². The maximum Gasteiger partial charge on any atom is 0.270 e. The van der Waals surface area contributed by atoms with Gasteiger partial charge < -0.3 is 9.13 Å². The molecule has 113 heavy (non-hydrogen) atoms. The lowest BCUT2D eigenvalue weighted by Gasteiger charge is -2.20. The van der Waals surface area contributed by atoms with Crippen LogP contribution < -0.4 is 0 Å². The molecule has 16 rings (SSSR count). The minimum absolute atomic E-state index is 0.162. The van der Waals surface area contributed by atoms with Crippen molar-refractivity contribution in [3.05, 3.63) is 183 Å². The number of halogens is 4. The molecular formula is C92H82F4N8O2S7. The van der Waals surface area contributed by atoms with E-state index in [9.17, 15) is 10.5 Å². The average molecular weight is 1630 g/mol. The first-order valence-electron chi connectivity index (χ1n) is 39.7. The molecule has 0 fully saturated rings. The van der Waals surface area contributed by atoms with E-state index in [4.69, 9.17) is 21.9 Å². The summed E-state index contributed by atoms with van der Waals surface area (Å²) in [5.74, 6) is -3.54. The summed E-state index contributed by atoms with van der Waals surface area (Å²) in [6, 6.07) is 23.8. The lowest BCUT2D eigenvalue weighted by molar-refractivity contribution is 0.103. The number of aromatic nitrogens is 4. The molecule has 10 nitrogen and oxygen atoms in total. The van der Waals surface area contributed by atoms with Gasteiger partial charge in [-0.15, -0.1) is 68.0 Å². The molecule has 0 N–H and O–H groups in total.